The van der Waals surface area contributed by atoms with E-state index in [4.69, 9.17) is 28.4 Å². The van der Waals surface area contributed by atoms with Gasteiger partial charge in [0.25, 0.3) is 0 Å². The maximum Gasteiger partial charge on any atom is 0.186 e. The van der Waals surface area contributed by atoms with Crippen LogP contribution in [0.5, 0.6) is 0 Å². The second kappa shape index (κ2) is 16.0. The zero-order chi connectivity index (χ0) is 28.1. The molecule has 3 aromatic carbocycles. The van der Waals surface area contributed by atoms with E-state index in [2.05, 4.69) is 30.8 Å². The van der Waals surface area contributed by atoms with Gasteiger partial charge in [-0.1, -0.05) is 110 Å². The lowest BCUT2D eigenvalue weighted by Crippen LogP contribution is -2.63. The summed E-state index contributed by atoms with van der Waals surface area (Å²) in [5.41, 5.74) is 3.12. The average Bonchev–Trinajstić information content (AvgIpc) is 3.03. The van der Waals surface area contributed by atoms with Gasteiger partial charge in [0.05, 0.1) is 19.8 Å². The van der Waals surface area contributed by atoms with Crippen molar-refractivity contribution in [2.24, 2.45) is 0 Å². The Balaban J connectivity index is 1.34. The molecule has 0 bridgehead atoms. The number of benzene rings is 3. The molecule has 6 nitrogen and oxygen atoms in total. The lowest BCUT2D eigenvalue weighted by atomic mass is 9.97. The van der Waals surface area contributed by atoms with Crippen LogP contribution in [-0.2, 0) is 41.6 Å². The monoisotopic (exact) mass is 558 g/mol. The summed E-state index contributed by atoms with van der Waals surface area (Å²) in [5.74, 6) is 0. The van der Waals surface area contributed by atoms with Crippen LogP contribution in [0.25, 0.3) is 0 Å². The molecular weight excluding hydrogens is 516 g/mol. The SMILES string of the molecule is C=CCCCCCCO[C@@H]1O[C@@H]2COC(c3ccccc3)O[C@H]2[C@H](OCc2ccccc2)[C@H]1OCc1ccccc1. The normalized spacial score (nSPS) is 25.9. The van der Waals surface area contributed by atoms with Crippen molar-refractivity contribution in [1.82, 2.24) is 0 Å². The molecule has 2 saturated heterocycles. The Bertz CT molecular complexity index is 1140. The maximum atomic E-state index is 6.65. The zero-order valence-electron chi connectivity index (χ0n) is 23.7. The highest BCUT2D eigenvalue weighted by molar-refractivity contribution is 5.17. The van der Waals surface area contributed by atoms with Gasteiger partial charge in [0.15, 0.2) is 12.6 Å². The van der Waals surface area contributed by atoms with Crippen LogP contribution in [0.15, 0.2) is 104 Å². The fourth-order valence-electron chi connectivity index (χ4n) is 5.30. The van der Waals surface area contributed by atoms with Gasteiger partial charge in [-0.2, -0.15) is 0 Å². The third-order valence-electron chi connectivity index (χ3n) is 7.51. The summed E-state index contributed by atoms with van der Waals surface area (Å²) in [6.07, 6.45) is 4.63. The van der Waals surface area contributed by atoms with Crippen molar-refractivity contribution in [3.8, 4) is 0 Å². The fraction of sp³-hybridized carbons (Fsp3) is 0.429. The van der Waals surface area contributed by atoms with Crippen LogP contribution in [0.2, 0.25) is 0 Å². The summed E-state index contributed by atoms with van der Waals surface area (Å²) >= 11 is 0. The standard InChI is InChI=1S/C35H42O6/c1-2-3-4-5-6-16-23-36-35-33(38-25-28-19-12-8-13-20-28)32(37-24-27-17-10-7-11-18-27)31-30(40-35)26-39-34(41-31)29-21-14-9-15-22-29/h2,7-15,17-22,30-35H,1,3-6,16,23-26H2/t30-,31-,32+,33-,34?,35-/m1/s1. The lowest BCUT2D eigenvalue weighted by molar-refractivity contribution is -0.372. The summed E-state index contributed by atoms with van der Waals surface area (Å²) < 4.78 is 38.8. The van der Waals surface area contributed by atoms with E-state index in [0.29, 0.717) is 26.4 Å². The molecule has 3 aromatic rings. The van der Waals surface area contributed by atoms with Gasteiger partial charge < -0.3 is 28.4 Å². The fourth-order valence-corrected chi connectivity index (χ4v) is 5.30. The number of allylic oxidation sites excluding steroid dienone is 1. The highest BCUT2D eigenvalue weighted by atomic mass is 16.8. The molecule has 0 saturated carbocycles. The number of hydrogen-bond acceptors (Lipinski definition) is 6. The van der Waals surface area contributed by atoms with Crippen LogP contribution in [-0.4, -0.2) is 43.9 Å². The van der Waals surface area contributed by atoms with Gasteiger partial charge in [0, 0.05) is 12.2 Å². The molecule has 41 heavy (non-hydrogen) atoms. The molecule has 0 radical (unpaired) electrons. The molecular formula is C35H42O6. The molecule has 6 atom stereocenters. The van der Waals surface area contributed by atoms with Gasteiger partial charge in [-0.3, -0.25) is 0 Å². The molecule has 2 aliphatic rings. The lowest BCUT2D eigenvalue weighted by Gasteiger charge is -2.49. The highest BCUT2D eigenvalue weighted by Crippen LogP contribution is 2.37. The molecule has 2 heterocycles. The van der Waals surface area contributed by atoms with Crippen molar-refractivity contribution >= 4 is 0 Å². The summed E-state index contributed by atoms with van der Waals surface area (Å²) in [5, 5.41) is 0. The Labute approximate surface area is 244 Å². The van der Waals surface area contributed by atoms with E-state index in [-0.39, 0.29) is 6.10 Å². The number of fused-ring (bicyclic) bond motifs is 1. The predicted octanol–water partition coefficient (Wildman–Crippen LogP) is 7.15. The number of rotatable bonds is 15. The summed E-state index contributed by atoms with van der Waals surface area (Å²) in [6, 6.07) is 30.3. The number of hydrogen-bond donors (Lipinski definition) is 0. The van der Waals surface area contributed by atoms with Crippen LogP contribution in [0.4, 0.5) is 0 Å². The van der Waals surface area contributed by atoms with Gasteiger partial charge >= 0.3 is 0 Å². The minimum Gasteiger partial charge on any atom is -0.368 e. The first-order valence-corrected chi connectivity index (χ1v) is 14.8. The van der Waals surface area contributed by atoms with Crippen LogP contribution < -0.4 is 0 Å². The Morgan fingerprint density at radius 1 is 0.683 bits per heavy atom. The van der Waals surface area contributed by atoms with E-state index in [0.717, 1.165) is 48.8 Å². The van der Waals surface area contributed by atoms with Crippen LogP contribution in [0.1, 0.15) is 55.1 Å². The molecule has 0 N–H and O–H groups in total. The molecule has 0 aromatic heterocycles. The van der Waals surface area contributed by atoms with Crippen molar-refractivity contribution in [1.29, 1.82) is 0 Å². The van der Waals surface area contributed by atoms with Gasteiger partial charge in [-0.15, -0.1) is 6.58 Å². The van der Waals surface area contributed by atoms with Crippen molar-refractivity contribution in [2.75, 3.05) is 13.2 Å². The Hall–Kier alpha value is -2.84. The molecule has 2 fully saturated rings. The molecule has 2 aliphatic heterocycles. The Morgan fingerprint density at radius 2 is 1.29 bits per heavy atom. The molecule has 6 heteroatoms. The second-order valence-corrected chi connectivity index (χ2v) is 10.6. The predicted molar refractivity (Wildman–Crippen MR) is 158 cm³/mol. The molecule has 0 amide bonds. The van der Waals surface area contributed by atoms with Crippen LogP contribution >= 0.6 is 0 Å². The third-order valence-corrected chi connectivity index (χ3v) is 7.51. The molecule has 0 spiro atoms. The maximum absolute atomic E-state index is 6.65. The van der Waals surface area contributed by atoms with E-state index in [1.54, 1.807) is 0 Å². The number of unbranched alkanes of at least 4 members (excludes halogenated alkanes) is 4. The van der Waals surface area contributed by atoms with Gasteiger partial charge in [-0.05, 0) is 30.4 Å². The van der Waals surface area contributed by atoms with Crippen molar-refractivity contribution in [2.45, 2.75) is 82.3 Å². The largest absolute Gasteiger partial charge is 0.368 e. The molecule has 5 rings (SSSR count). The second-order valence-electron chi connectivity index (χ2n) is 10.6. The first-order chi connectivity index (χ1) is 20.3. The van der Waals surface area contributed by atoms with Crippen LogP contribution in [0.3, 0.4) is 0 Å². The third kappa shape index (κ3) is 8.58. The van der Waals surface area contributed by atoms with E-state index in [1.807, 2.05) is 72.8 Å². The Morgan fingerprint density at radius 3 is 1.95 bits per heavy atom. The summed E-state index contributed by atoms with van der Waals surface area (Å²) in [6.45, 7) is 5.61. The van der Waals surface area contributed by atoms with E-state index >= 15 is 0 Å². The van der Waals surface area contributed by atoms with E-state index < -0.39 is 30.9 Å². The molecule has 0 aliphatic carbocycles. The Kier molecular flexibility index (Phi) is 11.5. The summed E-state index contributed by atoms with van der Waals surface area (Å²) in [7, 11) is 0. The van der Waals surface area contributed by atoms with Crippen molar-refractivity contribution in [3.63, 3.8) is 0 Å². The van der Waals surface area contributed by atoms with Crippen LogP contribution in [0, 0.1) is 0 Å². The topological polar surface area (TPSA) is 55.4 Å². The molecule has 218 valence electrons. The minimum absolute atomic E-state index is 0.343. The van der Waals surface area contributed by atoms with Crippen molar-refractivity contribution in [3.05, 3.63) is 120 Å². The first-order valence-electron chi connectivity index (χ1n) is 14.8. The van der Waals surface area contributed by atoms with Gasteiger partial charge in [-0.25, -0.2) is 0 Å². The van der Waals surface area contributed by atoms with Gasteiger partial charge in [0.2, 0.25) is 0 Å². The van der Waals surface area contributed by atoms with E-state index in [9.17, 15) is 0 Å². The minimum atomic E-state index is -0.602. The smallest absolute Gasteiger partial charge is 0.186 e. The quantitative estimate of drug-likeness (QED) is 0.146. The molecule has 1 unspecified atom stereocenters. The first kappa shape index (κ1) is 29.6. The van der Waals surface area contributed by atoms with Crippen molar-refractivity contribution < 1.29 is 28.4 Å². The zero-order valence-corrected chi connectivity index (χ0v) is 23.7. The highest BCUT2D eigenvalue weighted by Gasteiger charge is 2.51. The van der Waals surface area contributed by atoms with Gasteiger partial charge in [0.1, 0.15) is 24.4 Å². The van der Waals surface area contributed by atoms with E-state index in [1.165, 1.54) is 0 Å². The number of ether oxygens (including phenoxy) is 6. The average molecular weight is 559 g/mol. The summed E-state index contributed by atoms with van der Waals surface area (Å²) in [4.78, 5) is 0.